The van der Waals surface area contributed by atoms with E-state index in [-0.39, 0.29) is 6.61 Å². The zero-order valence-electron chi connectivity index (χ0n) is 9.63. The molecule has 2 atom stereocenters. The zero-order valence-corrected chi connectivity index (χ0v) is 9.63. The molecule has 3 rings (SSSR count). The summed E-state index contributed by atoms with van der Waals surface area (Å²) in [5, 5.41) is 18.8. The smallest absolute Gasteiger partial charge is 0.377 e. The number of cyclic esters (lactones) is 1. The lowest BCUT2D eigenvalue weighted by Gasteiger charge is -2.32. The number of ether oxygens (including phenoxy) is 4. The van der Waals surface area contributed by atoms with Crippen LogP contribution in [0.5, 0.6) is 0 Å². The normalized spacial score (nSPS) is 35.2. The van der Waals surface area contributed by atoms with Crippen LogP contribution in [0.25, 0.3) is 0 Å². The maximum absolute atomic E-state index is 11.1. The van der Waals surface area contributed by atoms with Gasteiger partial charge in [0.15, 0.2) is 17.7 Å². The van der Waals surface area contributed by atoms with E-state index in [1.165, 1.54) is 0 Å². The molecule has 0 aromatic heterocycles. The van der Waals surface area contributed by atoms with E-state index in [4.69, 9.17) is 18.9 Å². The van der Waals surface area contributed by atoms with Crippen LogP contribution < -0.4 is 0 Å². The van der Waals surface area contributed by atoms with E-state index < -0.39 is 35.5 Å². The van der Waals surface area contributed by atoms with Crippen LogP contribution in [0.3, 0.4) is 0 Å². The van der Waals surface area contributed by atoms with Crippen LogP contribution in [-0.2, 0) is 23.7 Å². The van der Waals surface area contributed by atoms with Gasteiger partial charge < -0.3 is 29.2 Å². The third-order valence-electron chi connectivity index (χ3n) is 3.41. The van der Waals surface area contributed by atoms with Crippen LogP contribution in [0.2, 0.25) is 0 Å². The quantitative estimate of drug-likeness (QED) is 0.647. The Morgan fingerprint density at radius 3 is 2.56 bits per heavy atom. The summed E-state index contributed by atoms with van der Waals surface area (Å²) in [6, 6.07) is 0. The lowest BCUT2D eigenvalue weighted by atomic mass is 10.1. The SMILES string of the molecule is O=C1OC(C2COC3(CCOCC3)O2)C(O)=C1O. The van der Waals surface area contributed by atoms with Gasteiger partial charge in [-0.15, -0.1) is 0 Å². The Bertz CT molecular complexity index is 396. The lowest BCUT2D eigenvalue weighted by molar-refractivity contribution is -0.218. The second-order valence-corrected chi connectivity index (χ2v) is 4.55. The van der Waals surface area contributed by atoms with Gasteiger partial charge in [-0.2, -0.15) is 0 Å². The monoisotopic (exact) mass is 258 g/mol. The molecule has 3 aliphatic rings. The summed E-state index contributed by atoms with van der Waals surface area (Å²) in [5.41, 5.74) is 0. The van der Waals surface area contributed by atoms with E-state index in [2.05, 4.69) is 0 Å². The second-order valence-electron chi connectivity index (χ2n) is 4.55. The van der Waals surface area contributed by atoms with E-state index in [0.29, 0.717) is 26.1 Å². The van der Waals surface area contributed by atoms with Crippen molar-refractivity contribution in [2.45, 2.75) is 30.8 Å². The Morgan fingerprint density at radius 2 is 1.94 bits per heavy atom. The molecule has 1 spiro atoms. The number of esters is 1. The molecule has 2 unspecified atom stereocenters. The highest BCUT2D eigenvalue weighted by atomic mass is 16.8. The molecule has 7 heteroatoms. The minimum absolute atomic E-state index is 0.204. The number of aliphatic hydroxyl groups is 2. The third kappa shape index (κ3) is 1.75. The van der Waals surface area contributed by atoms with E-state index in [1.54, 1.807) is 0 Å². The summed E-state index contributed by atoms with van der Waals surface area (Å²) in [4.78, 5) is 11.1. The molecule has 3 aliphatic heterocycles. The summed E-state index contributed by atoms with van der Waals surface area (Å²) in [6.07, 6.45) is -0.391. The van der Waals surface area contributed by atoms with Crippen LogP contribution in [0.4, 0.5) is 0 Å². The van der Waals surface area contributed by atoms with Crippen molar-refractivity contribution in [3.63, 3.8) is 0 Å². The topological polar surface area (TPSA) is 94.5 Å². The van der Waals surface area contributed by atoms with E-state index in [9.17, 15) is 15.0 Å². The molecule has 0 aromatic carbocycles. The van der Waals surface area contributed by atoms with Gasteiger partial charge in [-0.25, -0.2) is 4.79 Å². The van der Waals surface area contributed by atoms with Crippen molar-refractivity contribution in [3.8, 4) is 0 Å². The maximum Gasteiger partial charge on any atom is 0.377 e. The van der Waals surface area contributed by atoms with Gasteiger partial charge in [0.05, 0.1) is 19.8 Å². The maximum atomic E-state index is 11.1. The molecule has 0 amide bonds. The molecule has 0 radical (unpaired) electrons. The number of aliphatic hydroxyl groups excluding tert-OH is 2. The lowest BCUT2D eigenvalue weighted by Crippen LogP contribution is -2.39. The predicted octanol–water partition coefficient (Wildman–Crippen LogP) is 0.162. The molecule has 18 heavy (non-hydrogen) atoms. The molecule has 3 heterocycles. The first-order valence-electron chi connectivity index (χ1n) is 5.84. The summed E-state index contributed by atoms with van der Waals surface area (Å²) >= 11 is 0. The van der Waals surface area contributed by atoms with Crippen LogP contribution in [0.1, 0.15) is 12.8 Å². The molecule has 0 bridgehead atoms. The number of carbonyl (C=O) groups excluding carboxylic acids is 1. The summed E-state index contributed by atoms with van der Waals surface area (Å²) in [7, 11) is 0. The van der Waals surface area contributed by atoms with E-state index >= 15 is 0 Å². The highest BCUT2D eigenvalue weighted by Crippen LogP contribution is 2.37. The van der Waals surface area contributed by atoms with Gasteiger partial charge in [-0.1, -0.05) is 0 Å². The molecule has 0 aromatic rings. The van der Waals surface area contributed by atoms with Crippen molar-refractivity contribution in [2.24, 2.45) is 0 Å². The molecular weight excluding hydrogens is 244 g/mol. The molecule has 7 nitrogen and oxygen atoms in total. The van der Waals surface area contributed by atoms with Crippen molar-refractivity contribution in [1.82, 2.24) is 0 Å². The fourth-order valence-corrected chi connectivity index (χ4v) is 2.39. The van der Waals surface area contributed by atoms with Crippen LogP contribution in [-0.4, -0.2) is 54.0 Å². The zero-order chi connectivity index (χ0) is 12.8. The first-order valence-corrected chi connectivity index (χ1v) is 5.84. The van der Waals surface area contributed by atoms with Crippen LogP contribution >= 0.6 is 0 Å². The Balaban J connectivity index is 1.71. The van der Waals surface area contributed by atoms with Gasteiger partial charge in [0.25, 0.3) is 0 Å². The van der Waals surface area contributed by atoms with E-state index in [1.807, 2.05) is 0 Å². The Hall–Kier alpha value is -1.31. The molecule has 0 aliphatic carbocycles. The minimum atomic E-state index is -0.986. The second kappa shape index (κ2) is 4.11. The molecular formula is C11H14O7. The van der Waals surface area contributed by atoms with Crippen molar-refractivity contribution in [3.05, 3.63) is 11.5 Å². The van der Waals surface area contributed by atoms with Crippen LogP contribution in [0.15, 0.2) is 11.5 Å². The largest absolute Gasteiger partial charge is 0.505 e. The Kier molecular flexibility index (Phi) is 2.69. The highest BCUT2D eigenvalue weighted by Gasteiger charge is 2.50. The number of rotatable bonds is 1. The Morgan fingerprint density at radius 1 is 1.22 bits per heavy atom. The van der Waals surface area contributed by atoms with Crippen molar-refractivity contribution < 1.29 is 34.0 Å². The fourth-order valence-electron chi connectivity index (χ4n) is 2.39. The van der Waals surface area contributed by atoms with Crippen molar-refractivity contribution in [1.29, 1.82) is 0 Å². The first-order chi connectivity index (χ1) is 8.61. The van der Waals surface area contributed by atoms with Gasteiger partial charge in [-0.05, 0) is 0 Å². The van der Waals surface area contributed by atoms with Gasteiger partial charge >= 0.3 is 5.97 Å². The average Bonchev–Trinajstić information content (AvgIpc) is 2.88. The highest BCUT2D eigenvalue weighted by molar-refractivity contribution is 5.89. The third-order valence-corrected chi connectivity index (χ3v) is 3.41. The molecule has 100 valence electrons. The van der Waals surface area contributed by atoms with Crippen molar-refractivity contribution >= 4 is 5.97 Å². The van der Waals surface area contributed by atoms with Crippen LogP contribution in [0, 0.1) is 0 Å². The van der Waals surface area contributed by atoms with E-state index in [0.717, 1.165) is 0 Å². The summed E-state index contributed by atoms with van der Waals surface area (Å²) in [5.74, 6) is -2.89. The fraction of sp³-hybridized carbons (Fsp3) is 0.727. The summed E-state index contributed by atoms with van der Waals surface area (Å²) < 4.78 is 21.5. The minimum Gasteiger partial charge on any atom is -0.505 e. The predicted molar refractivity (Wildman–Crippen MR) is 55.8 cm³/mol. The van der Waals surface area contributed by atoms with Gasteiger partial charge in [0.1, 0.15) is 6.10 Å². The van der Waals surface area contributed by atoms with Gasteiger partial charge in [0.2, 0.25) is 5.76 Å². The first kappa shape index (κ1) is 11.8. The summed E-state index contributed by atoms with van der Waals surface area (Å²) in [6.45, 7) is 1.30. The average molecular weight is 258 g/mol. The standard InChI is InChI=1S/C11H14O7/c12-7-8(13)10(14)17-9(7)6-5-16-11(18-6)1-3-15-4-2-11/h6,9,12-13H,1-5H2. The van der Waals surface area contributed by atoms with Crippen molar-refractivity contribution in [2.75, 3.05) is 19.8 Å². The van der Waals surface area contributed by atoms with Gasteiger partial charge in [0, 0.05) is 12.8 Å². The molecule has 2 fully saturated rings. The number of hydrogen-bond acceptors (Lipinski definition) is 7. The van der Waals surface area contributed by atoms with Gasteiger partial charge in [-0.3, -0.25) is 0 Å². The molecule has 2 saturated heterocycles. The molecule has 0 saturated carbocycles. The number of hydrogen-bond donors (Lipinski definition) is 2. The molecule has 2 N–H and O–H groups in total. The Labute approximate surface area is 103 Å². The number of carbonyl (C=O) groups is 1.